The van der Waals surface area contributed by atoms with Gasteiger partial charge in [-0.05, 0) is 7.05 Å². The highest BCUT2D eigenvalue weighted by molar-refractivity contribution is 5.87. The zero-order chi connectivity index (χ0) is 13.6. The minimum atomic E-state index is -1.75. The van der Waals surface area contributed by atoms with E-state index < -0.39 is 42.9 Å². The highest BCUT2D eigenvalue weighted by Crippen LogP contribution is 2.06. The van der Waals surface area contributed by atoms with Gasteiger partial charge in [-0.2, -0.15) is 0 Å². The van der Waals surface area contributed by atoms with Crippen molar-refractivity contribution in [2.45, 2.75) is 31.3 Å². The molecule has 0 rings (SSSR count). The summed E-state index contributed by atoms with van der Waals surface area (Å²) < 4.78 is 4.23. The first-order valence-corrected chi connectivity index (χ1v) is 4.89. The number of hydrogen-bond acceptors (Lipinski definition) is 8. The largest absolute Gasteiger partial charge is 0.394 e. The van der Waals surface area contributed by atoms with Crippen LogP contribution in [0.15, 0.2) is 0 Å². The molecule has 0 aliphatic rings. The Balaban J connectivity index is 4.64. The molecule has 0 amide bonds. The molecule has 0 spiro atoms. The van der Waals surface area contributed by atoms with Gasteiger partial charge >= 0.3 is 11.9 Å². The van der Waals surface area contributed by atoms with E-state index in [1.54, 1.807) is 0 Å². The van der Waals surface area contributed by atoms with E-state index in [2.05, 4.69) is 10.1 Å². The van der Waals surface area contributed by atoms with Crippen LogP contribution in [-0.4, -0.2) is 70.4 Å². The first-order chi connectivity index (χ1) is 7.84. The summed E-state index contributed by atoms with van der Waals surface area (Å²) in [7, 11) is 1.30. The van der Waals surface area contributed by atoms with Crippen molar-refractivity contribution in [1.82, 2.24) is 5.32 Å². The van der Waals surface area contributed by atoms with E-state index in [1.165, 1.54) is 7.05 Å². The lowest BCUT2D eigenvalue weighted by Gasteiger charge is -2.26. The van der Waals surface area contributed by atoms with Gasteiger partial charge in [0.1, 0.15) is 24.4 Å². The molecule has 17 heavy (non-hydrogen) atoms. The van der Waals surface area contributed by atoms with Crippen molar-refractivity contribution >= 4 is 11.9 Å². The third-order valence-electron chi connectivity index (χ3n) is 2.08. The van der Waals surface area contributed by atoms with E-state index in [9.17, 15) is 19.8 Å². The van der Waals surface area contributed by atoms with Gasteiger partial charge in [-0.15, -0.1) is 0 Å². The zero-order valence-corrected chi connectivity index (χ0v) is 9.53. The molecule has 0 saturated heterocycles. The maximum Gasteiger partial charge on any atom is 0.333 e. The summed E-state index contributed by atoms with van der Waals surface area (Å²) in [4.78, 5) is 21.9. The van der Waals surface area contributed by atoms with Crippen LogP contribution in [0.4, 0.5) is 0 Å². The molecule has 1 unspecified atom stereocenters. The molecule has 0 radical (unpaired) electrons. The number of carbonyl (C=O) groups is 2. The molecule has 8 heteroatoms. The van der Waals surface area contributed by atoms with Crippen LogP contribution in [0.5, 0.6) is 0 Å². The third kappa shape index (κ3) is 4.75. The van der Waals surface area contributed by atoms with E-state index in [-0.39, 0.29) is 0 Å². The van der Waals surface area contributed by atoms with Crippen LogP contribution >= 0.6 is 0 Å². The molecule has 4 atom stereocenters. The molecular weight excluding hydrogens is 234 g/mol. The first-order valence-electron chi connectivity index (χ1n) is 4.89. The fourth-order valence-electron chi connectivity index (χ4n) is 1.17. The van der Waals surface area contributed by atoms with Crippen LogP contribution in [0.25, 0.3) is 0 Å². The second-order valence-electron chi connectivity index (χ2n) is 3.41. The number of aliphatic hydroxyl groups is 4. The number of hydrogen-bond donors (Lipinski definition) is 5. The number of likely N-dealkylation sites (N-methyl/N-ethyl adjacent to an activating group) is 1. The van der Waals surface area contributed by atoms with Gasteiger partial charge in [-0.25, -0.2) is 4.79 Å². The molecular formula is C9H17NO7. The molecule has 0 aliphatic carbocycles. The molecule has 0 aromatic heterocycles. The van der Waals surface area contributed by atoms with Gasteiger partial charge in [-0.1, -0.05) is 0 Å². The van der Waals surface area contributed by atoms with Gasteiger partial charge < -0.3 is 30.5 Å². The standard InChI is InChI=1S/C9H17NO7/c1-4(12)17-9(16)6(10-2)8(15)7(14)5(13)3-11/h5-8,10-11,13-15H,3H2,1-2H3/t5?,6-,7-,8-/m1/s1. The Bertz CT molecular complexity index is 270. The number of esters is 2. The van der Waals surface area contributed by atoms with Crippen LogP contribution in [0, 0.1) is 0 Å². The highest BCUT2D eigenvalue weighted by atomic mass is 16.6. The fourth-order valence-corrected chi connectivity index (χ4v) is 1.17. The second kappa shape index (κ2) is 7.30. The van der Waals surface area contributed by atoms with Gasteiger partial charge in [0.05, 0.1) is 6.61 Å². The fraction of sp³-hybridized carbons (Fsp3) is 0.778. The Morgan fingerprint density at radius 3 is 2.12 bits per heavy atom. The molecule has 0 aromatic carbocycles. The lowest BCUT2D eigenvalue weighted by molar-refractivity contribution is -0.164. The lowest BCUT2D eigenvalue weighted by atomic mass is 10.0. The smallest absolute Gasteiger partial charge is 0.333 e. The van der Waals surface area contributed by atoms with Crippen molar-refractivity contribution in [3.63, 3.8) is 0 Å². The molecule has 0 fully saturated rings. The maximum absolute atomic E-state index is 11.3. The molecule has 8 nitrogen and oxygen atoms in total. The number of carbonyl (C=O) groups excluding carboxylic acids is 2. The van der Waals surface area contributed by atoms with Crippen molar-refractivity contribution < 1.29 is 34.8 Å². The maximum atomic E-state index is 11.3. The number of rotatable bonds is 6. The van der Waals surface area contributed by atoms with Gasteiger partial charge in [-0.3, -0.25) is 4.79 Å². The zero-order valence-electron chi connectivity index (χ0n) is 9.53. The van der Waals surface area contributed by atoms with Crippen LogP contribution in [0.2, 0.25) is 0 Å². The van der Waals surface area contributed by atoms with E-state index in [1.807, 2.05) is 0 Å². The number of aliphatic hydroxyl groups excluding tert-OH is 4. The average Bonchev–Trinajstić information content (AvgIpc) is 2.26. The Morgan fingerprint density at radius 1 is 1.24 bits per heavy atom. The summed E-state index contributed by atoms with van der Waals surface area (Å²) >= 11 is 0. The Hall–Kier alpha value is -1.06. The average molecular weight is 251 g/mol. The van der Waals surface area contributed by atoms with Crippen molar-refractivity contribution in [2.75, 3.05) is 13.7 Å². The van der Waals surface area contributed by atoms with Crippen LogP contribution in [-0.2, 0) is 14.3 Å². The summed E-state index contributed by atoms with van der Waals surface area (Å²) in [6.45, 7) is 0.229. The van der Waals surface area contributed by atoms with Gasteiger partial charge in [0, 0.05) is 6.92 Å². The van der Waals surface area contributed by atoms with Crippen molar-refractivity contribution in [2.24, 2.45) is 0 Å². The Kier molecular flexibility index (Phi) is 6.85. The number of nitrogens with one attached hydrogen (secondary N) is 1. The monoisotopic (exact) mass is 251 g/mol. The van der Waals surface area contributed by atoms with Gasteiger partial charge in [0.2, 0.25) is 0 Å². The normalized spacial score (nSPS) is 18.0. The molecule has 0 saturated carbocycles. The highest BCUT2D eigenvalue weighted by Gasteiger charge is 2.36. The predicted octanol–water partition coefficient (Wildman–Crippen LogP) is -3.26. The molecule has 0 aliphatic heterocycles. The van der Waals surface area contributed by atoms with Crippen molar-refractivity contribution in [3.8, 4) is 0 Å². The van der Waals surface area contributed by atoms with Gasteiger partial charge in [0.25, 0.3) is 0 Å². The third-order valence-corrected chi connectivity index (χ3v) is 2.08. The predicted molar refractivity (Wildman–Crippen MR) is 54.7 cm³/mol. The molecule has 0 aromatic rings. The molecule has 0 heterocycles. The molecule has 0 bridgehead atoms. The summed E-state index contributed by atoms with van der Waals surface area (Å²) in [6.07, 6.45) is -5.09. The van der Waals surface area contributed by atoms with E-state index >= 15 is 0 Å². The summed E-state index contributed by atoms with van der Waals surface area (Å²) in [6, 6.07) is -1.39. The van der Waals surface area contributed by atoms with E-state index in [0.717, 1.165) is 6.92 Å². The summed E-state index contributed by atoms with van der Waals surface area (Å²) in [5, 5.41) is 39.0. The van der Waals surface area contributed by atoms with Crippen LogP contribution in [0.1, 0.15) is 6.92 Å². The summed E-state index contributed by atoms with van der Waals surface area (Å²) in [5.74, 6) is -1.95. The van der Waals surface area contributed by atoms with Crippen molar-refractivity contribution in [1.29, 1.82) is 0 Å². The van der Waals surface area contributed by atoms with Crippen LogP contribution in [0.3, 0.4) is 0 Å². The van der Waals surface area contributed by atoms with Gasteiger partial charge in [0.15, 0.2) is 0 Å². The summed E-state index contributed by atoms with van der Waals surface area (Å²) in [5.41, 5.74) is 0. The Labute approximate surface area is 97.8 Å². The Morgan fingerprint density at radius 2 is 1.76 bits per heavy atom. The SMILES string of the molecule is CN[C@@H](C(=O)OC(C)=O)[C@@H](O)[C@H](O)C(O)CO. The lowest BCUT2D eigenvalue weighted by Crippen LogP contribution is -2.54. The van der Waals surface area contributed by atoms with Crippen molar-refractivity contribution in [3.05, 3.63) is 0 Å². The van der Waals surface area contributed by atoms with Crippen LogP contribution < -0.4 is 5.32 Å². The topological polar surface area (TPSA) is 136 Å². The van der Waals surface area contributed by atoms with E-state index in [0.29, 0.717) is 0 Å². The minimum absolute atomic E-state index is 0.781. The molecule has 100 valence electrons. The quantitative estimate of drug-likeness (QED) is 0.245. The number of ether oxygens (including phenoxy) is 1. The first kappa shape index (κ1) is 15.9. The van der Waals surface area contributed by atoms with E-state index in [4.69, 9.17) is 10.2 Å². The minimum Gasteiger partial charge on any atom is -0.394 e. The second-order valence-corrected chi connectivity index (χ2v) is 3.41. The molecule has 5 N–H and O–H groups in total.